The lowest BCUT2D eigenvalue weighted by Crippen LogP contribution is -2.36. The van der Waals surface area contributed by atoms with Gasteiger partial charge < -0.3 is 15.6 Å². The van der Waals surface area contributed by atoms with Crippen molar-refractivity contribution in [3.63, 3.8) is 0 Å². The Labute approximate surface area is 132 Å². The molecular formula is C18H25N3O. The van der Waals surface area contributed by atoms with Crippen LogP contribution in [0.1, 0.15) is 32.8 Å². The van der Waals surface area contributed by atoms with Gasteiger partial charge in [0, 0.05) is 23.4 Å². The number of amides is 1. The van der Waals surface area contributed by atoms with Crippen LogP contribution in [0.15, 0.2) is 36.5 Å². The smallest absolute Gasteiger partial charge is 0.249 e. The molecule has 0 aliphatic carbocycles. The Bertz CT molecular complexity index is 599. The molecule has 1 heterocycles. The fourth-order valence-electron chi connectivity index (χ4n) is 2.38. The molecule has 0 spiro atoms. The largest absolute Gasteiger partial charge is 0.380 e. The van der Waals surface area contributed by atoms with Gasteiger partial charge in [0.15, 0.2) is 0 Å². The minimum absolute atomic E-state index is 0.0949. The van der Waals surface area contributed by atoms with Crippen molar-refractivity contribution in [2.75, 3.05) is 11.4 Å². The van der Waals surface area contributed by atoms with Gasteiger partial charge in [-0.2, -0.15) is 0 Å². The van der Waals surface area contributed by atoms with Gasteiger partial charge in [-0.15, -0.1) is 0 Å². The first-order valence-electron chi connectivity index (χ1n) is 7.69. The fourth-order valence-corrected chi connectivity index (χ4v) is 2.38. The van der Waals surface area contributed by atoms with E-state index in [-0.39, 0.29) is 17.4 Å². The third-order valence-electron chi connectivity index (χ3n) is 3.87. The minimum atomic E-state index is -0.204. The second kappa shape index (κ2) is 6.34. The van der Waals surface area contributed by atoms with E-state index in [0.717, 1.165) is 24.2 Å². The van der Waals surface area contributed by atoms with Crippen LogP contribution in [0.2, 0.25) is 0 Å². The van der Waals surface area contributed by atoms with E-state index >= 15 is 0 Å². The van der Waals surface area contributed by atoms with Crippen molar-refractivity contribution in [2.24, 2.45) is 5.41 Å². The second-order valence-electron chi connectivity index (χ2n) is 6.83. The van der Waals surface area contributed by atoms with Crippen LogP contribution in [-0.2, 0) is 4.79 Å². The van der Waals surface area contributed by atoms with Crippen LogP contribution in [0.4, 0.5) is 5.69 Å². The zero-order valence-electron chi connectivity index (χ0n) is 13.8. The molecule has 2 rings (SSSR count). The van der Waals surface area contributed by atoms with E-state index in [1.165, 1.54) is 0 Å². The lowest BCUT2D eigenvalue weighted by atomic mass is 9.90. The number of allylic oxidation sites excluding steroid dienone is 1. The first kappa shape index (κ1) is 16.3. The summed E-state index contributed by atoms with van der Waals surface area (Å²) in [7, 11) is 0. The molecule has 2 N–H and O–H groups in total. The van der Waals surface area contributed by atoms with E-state index in [1.807, 2.05) is 56.9 Å². The highest BCUT2D eigenvalue weighted by atomic mass is 16.2. The molecule has 1 fully saturated rings. The third-order valence-corrected chi connectivity index (χ3v) is 3.87. The maximum absolute atomic E-state index is 12.5. The summed E-state index contributed by atoms with van der Waals surface area (Å²) >= 11 is 0. The molecule has 4 heteroatoms. The van der Waals surface area contributed by atoms with E-state index in [1.54, 1.807) is 12.3 Å². The number of benzene rings is 1. The Balaban J connectivity index is 1.97. The average Bonchev–Trinajstić information content (AvgIpc) is 2.79. The standard InChI is InChI=1S/C18H25N3O/c1-13-6-5-7-14(12-13)21-11-9-15(17(21)22)20-10-8-16(19)18(2,3)4/h5-8,10,12,15,19-20H,9,11H2,1-4H3/b10-8-,19-16?. The third kappa shape index (κ3) is 3.75. The van der Waals surface area contributed by atoms with E-state index in [0.29, 0.717) is 5.71 Å². The molecule has 0 bridgehead atoms. The van der Waals surface area contributed by atoms with E-state index in [9.17, 15) is 4.79 Å². The number of hydrogen-bond donors (Lipinski definition) is 2. The van der Waals surface area contributed by atoms with Crippen LogP contribution in [0.5, 0.6) is 0 Å². The highest BCUT2D eigenvalue weighted by Gasteiger charge is 2.31. The van der Waals surface area contributed by atoms with E-state index < -0.39 is 0 Å². The van der Waals surface area contributed by atoms with Crippen LogP contribution in [0, 0.1) is 17.7 Å². The lowest BCUT2D eigenvalue weighted by Gasteiger charge is -2.18. The van der Waals surface area contributed by atoms with Crippen LogP contribution < -0.4 is 10.2 Å². The number of nitrogens with zero attached hydrogens (tertiary/aromatic N) is 1. The Morgan fingerprint density at radius 2 is 2.14 bits per heavy atom. The van der Waals surface area contributed by atoms with Gasteiger partial charge in [-0.05, 0) is 43.3 Å². The molecule has 1 amide bonds. The zero-order valence-corrected chi connectivity index (χ0v) is 13.8. The predicted octanol–water partition coefficient (Wildman–Crippen LogP) is 3.27. The van der Waals surface area contributed by atoms with Gasteiger partial charge in [0.2, 0.25) is 5.91 Å². The van der Waals surface area contributed by atoms with Crippen LogP contribution in [0.3, 0.4) is 0 Å². The van der Waals surface area contributed by atoms with Gasteiger partial charge in [-0.25, -0.2) is 0 Å². The molecule has 0 saturated carbocycles. The molecule has 22 heavy (non-hydrogen) atoms. The van der Waals surface area contributed by atoms with Crippen molar-refractivity contribution in [2.45, 2.75) is 40.2 Å². The normalized spacial score (nSPS) is 19.0. The Morgan fingerprint density at radius 3 is 2.77 bits per heavy atom. The maximum Gasteiger partial charge on any atom is 0.249 e. The molecule has 118 valence electrons. The summed E-state index contributed by atoms with van der Waals surface area (Å²) in [6.45, 7) is 8.75. The molecule has 1 aromatic carbocycles. The van der Waals surface area contributed by atoms with Crippen LogP contribution in [0.25, 0.3) is 0 Å². The first-order valence-corrected chi connectivity index (χ1v) is 7.69. The number of carbonyl (C=O) groups is 1. The van der Waals surface area contributed by atoms with Crippen LogP contribution >= 0.6 is 0 Å². The molecular weight excluding hydrogens is 274 g/mol. The topological polar surface area (TPSA) is 56.2 Å². The summed E-state index contributed by atoms with van der Waals surface area (Å²) in [6.07, 6.45) is 4.25. The number of aryl methyl sites for hydroxylation is 1. The van der Waals surface area contributed by atoms with Gasteiger partial charge in [0.05, 0.1) is 0 Å². The second-order valence-corrected chi connectivity index (χ2v) is 6.83. The zero-order chi connectivity index (χ0) is 16.3. The van der Waals surface area contributed by atoms with Gasteiger partial charge in [-0.1, -0.05) is 32.9 Å². The predicted molar refractivity (Wildman–Crippen MR) is 91.4 cm³/mol. The first-order chi connectivity index (χ1) is 10.3. The summed E-state index contributed by atoms with van der Waals surface area (Å²) in [5.41, 5.74) is 2.48. The summed E-state index contributed by atoms with van der Waals surface area (Å²) < 4.78 is 0. The molecule has 4 nitrogen and oxygen atoms in total. The van der Waals surface area contributed by atoms with Gasteiger partial charge in [0.25, 0.3) is 0 Å². The molecule has 0 aromatic heterocycles. The van der Waals surface area contributed by atoms with Crippen molar-refractivity contribution in [3.05, 3.63) is 42.1 Å². The average molecular weight is 299 g/mol. The van der Waals surface area contributed by atoms with Gasteiger partial charge in [-0.3, -0.25) is 4.79 Å². The highest BCUT2D eigenvalue weighted by Crippen LogP contribution is 2.22. The number of rotatable bonds is 4. The number of nitrogens with one attached hydrogen (secondary N) is 2. The summed E-state index contributed by atoms with van der Waals surface area (Å²) in [4.78, 5) is 14.3. The number of hydrogen-bond acceptors (Lipinski definition) is 3. The van der Waals surface area contributed by atoms with Gasteiger partial charge in [0.1, 0.15) is 6.04 Å². The van der Waals surface area contributed by atoms with Crippen molar-refractivity contribution < 1.29 is 4.79 Å². The molecule has 1 aliphatic heterocycles. The van der Waals surface area contributed by atoms with Crippen molar-refractivity contribution >= 4 is 17.3 Å². The fraction of sp³-hybridized carbons (Fsp3) is 0.444. The van der Waals surface area contributed by atoms with Crippen molar-refractivity contribution in [1.82, 2.24) is 5.32 Å². The van der Waals surface area contributed by atoms with E-state index in [4.69, 9.17) is 5.41 Å². The quantitative estimate of drug-likeness (QED) is 0.838. The number of carbonyl (C=O) groups excluding carboxylic acids is 1. The molecule has 1 atom stereocenters. The summed E-state index contributed by atoms with van der Waals surface area (Å²) in [5, 5.41) is 11.1. The number of anilines is 1. The maximum atomic E-state index is 12.5. The Morgan fingerprint density at radius 1 is 1.41 bits per heavy atom. The highest BCUT2D eigenvalue weighted by molar-refractivity contribution is 6.00. The van der Waals surface area contributed by atoms with Crippen LogP contribution in [-0.4, -0.2) is 24.2 Å². The Kier molecular flexibility index (Phi) is 4.69. The van der Waals surface area contributed by atoms with Gasteiger partial charge >= 0.3 is 0 Å². The monoisotopic (exact) mass is 299 g/mol. The lowest BCUT2D eigenvalue weighted by molar-refractivity contribution is -0.118. The molecule has 1 aromatic rings. The SMILES string of the molecule is Cc1cccc(N2CCC(N/C=C\C(=N)C(C)(C)C)C2=O)c1. The summed E-state index contributed by atoms with van der Waals surface area (Å²) in [6, 6.07) is 7.80. The van der Waals surface area contributed by atoms with E-state index in [2.05, 4.69) is 5.32 Å². The Hall–Kier alpha value is -2.10. The van der Waals surface area contributed by atoms with Crippen molar-refractivity contribution in [1.29, 1.82) is 5.41 Å². The minimum Gasteiger partial charge on any atom is -0.380 e. The van der Waals surface area contributed by atoms with Crippen molar-refractivity contribution in [3.8, 4) is 0 Å². The molecule has 1 aliphatic rings. The molecule has 1 unspecified atom stereocenters. The molecule has 0 radical (unpaired) electrons. The molecule has 1 saturated heterocycles. The summed E-state index contributed by atoms with van der Waals surface area (Å²) in [5.74, 6) is 0.0949.